The number of carbonyl (C=O) groups excluding carboxylic acids is 2. The second kappa shape index (κ2) is 7.27. The van der Waals surface area contributed by atoms with Crippen molar-refractivity contribution in [2.24, 2.45) is 0 Å². The lowest BCUT2D eigenvalue weighted by Crippen LogP contribution is -2.32. The van der Waals surface area contributed by atoms with Gasteiger partial charge in [0.2, 0.25) is 11.8 Å². The van der Waals surface area contributed by atoms with Gasteiger partial charge < -0.3 is 10.6 Å². The Bertz CT molecular complexity index is 436. The van der Waals surface area contributed by atoms with Gasteiger partial charge in [0.05, 0.1) is 0 Å². The molecule has 2 amide bonds. The number of rotatable bonds is 5. The third-order valence-electron chi connectivity index (χ3n) is 2.30. The van der Waals surface area contributed by atoms with E-state index >= 15 is 0 Å². The zero-order valence-electron chi connectivity index (χ0n) is 10.7. The second-order valence-electron chi connectivity index (χ2n) is 4.02. The summed E-state index contributed by atoms with van der Waals surface area (Å²) in [5.41, 5.74) is 2.17. The summed E-state index contributed by atoms with van der Waals surface area (Å²) in [5, 5.41) is 5.28. The van der Waals surface area contributed by atoms with E-state index in [0.717, 1.165) is 5.56 Å². The lowest BCUT2D eigenvalue weighted by atomic mass is 10.1. The summed E-state index contributed by atoms with van der Waals surface area (Å²) in [4.78, 5) is 22.0. The molecule has 1 aromatic carbocycles. The molecule has 0 fully saturated rings. The maximum atomic E-state index is 11.4. The fourth-order valence-electron chi connectivity index (χ4n) is 1.33. The Morgan fingerprint density at radius 1 is 1.11 bits per heavy atom. The molecule has 2 N–H and O–H groups in total. The van der Waals surface area contributed by atoms with Gasteiger partial charge in [-0.15, -0.1) is 0 Å². The molecule has 4 nitrogen and oxygen atoms in total. The van der Waals surface area contributed by atoms with Gasteiger partial charge in [-0.25, -0.2) is 0 Å². The molecule has 0 saturated carbocycles. The highest BCUT2D eigenvalue weighted by Gasteiger charge is 1.95. The minimum absolute atomic E-state index is 0.0977. The van der Waals surface area contributed by atoms with Crippen molar-refractivity contribution in [2.75, 3.05) is 13.1 Å². The first-order chi connectivity index (χ1) is 8.58. The zero-order chi connectivity index (χ0) is 13.4. The molecular formula is C14H18N2O2. The average Bonchev–Trinajstić information content (AvgIpc) is 2.34. The third kappa shape index (κ3) is 5.84. The van der Waals surface area contributed by atoms with Gasteiger partial charge >= 0.3 is 0 Å². The Morgan fingerprint density at radius 2 is 1.72 bits per heavy atom. The summed E-state index contributed by atoms with van der Waals surface area (Å²) >= 11 is 0. The van der Waals surface area contributed by atoms with Crippen LogP contribution in [0.25, 0.3) is 6.08 Å². The number of hydrogen-bond donors (Lipinski definition) is 2. The van der Waals surface area contributed by atoms with E-state index in [0.29, 0.717) is 13.1 Å². The van der Waals surface area contributed by atoms with Crippen molar-refractivity contribution in [3.05, 3.63) is 41.5 Å². The summed E-state index contributed by atoms with van der Waals surface area (Å²) in [7, 11) is 0. The largest absolute Gasteiger partial charge is 0.355 e. The molecule has 0 aromatic heterocycles. The normalized spacial score (nSPS) is 10.3. The van der Waals surface area contributed by atoms with Gasteiger partial charge in [0.1, 0.15) is 0 Å². The van der Waals surface area contributed by atoms with Gasteiger partial charge in [-0.1, -0.05) is 29.8 Å². The first-order valence-corrected chi connectivity index (χ1v) is 5.85. The van der Waals surface area contributed by atoms with E-state index in [-0.39, 0.29) is 11.8 Å². The molecule has 0 aliphatic heterocycles. The molecule has 0 atom stereocenters. The number of amides is 2. The quantitative estimate of drug-likeness (QED) is 0.607. The van der Waals surface area contributed by atoms with E-state index in [1.54, 1.807) is 6.08 Å². The fourth-order valence-corrected chi connectivity index (χ4v) is 1.33. The Morgan fingerprint density at radius 3 is 2.33 bits per heavy atom. The van der Waals surface area contributed by atoms with Crippen molar-refractivity contribution in [2.45, 2.75) is 13.8 Å². The van der Waals surface area contributed by atoms with Gasteiger partial charge in [-0.05, 0) is 18.6 Å². The number of carbonyl (C=O) groups is 2. The van der Waals surface area contributed by atoms with E-state index in [2.05, 4.69) is 10.6 Å². The van der Waals surface area contributed by atoms with Gasteiger partial charge in [0.15, 0.2) is 0 Å². The van der Waals surface area contributed by atoms with Crippen molar-refractivity contribution < 1.29 is 9.59 Å². The summed E-state index contributed by atoms with van der Waals surface area (Å²) in [5.74, 6) is -0.264. The number of nitrogens with one attached hydrogen (secondary N) is 2. The van der Waals surface area contributed by atoms with Gasteiger partial charge in [-0.3, -0.25) is 9.59 Å². The van der Waals surface area contributed by atoms with E-state index in [1.807, 2.05) is 31.2 Å². The summed E-state index contributed by atoms with van der Waals surface area (Å²) in [6.07, 6.45) is 3.24. The molecule has 0 heterocycles. The number of aryl methyl sites for hydroxylation is 1. The first kappa shape index (κ1) is 14.0. The maximum Gasteiger partial charge on any atom is 0.244 e. The molecule has 0 radical (unpaired) electrons. The van der Waals surface area contributed by atoms with Crippen LogP contribution in [0.1, 0.15) is 18.1 Å². The number of hydrogen-bond acceptors (Lipinski definition) is 2. The molecule has 1 rings (SSSR count). The molecule has 0 unspecified atom stereocenters. The van der Waals surface area contributed by atoms with E-state index in [9.17, 15) is 9.59 Å². The Labute approximate surface area is 107 Å². The van der Waals surface area contributed by atoms with Crippen LogP contribution in [0.15, 0.2) is 30.3 Å². The molecule has 0 aliphatic carbocycles. The molecule has 0 aliphatic rings. The zero-order valence-corrected chi connectivity index (χ0v) is 10.7. The average molecular weight is 246 g/mol. The van der Waals surface area contributed by atoms with E-state index < -0.39 is 0 Å². The lowest BCUT2D eigenvalue weighted by molar-refractivity contribution is -0.119. The Balaban J connectivity index is 2.31. The van der Waals surface area contributed by atoms with Crippen LogP contribution in [0.4, 0.5) is 0 Å². The molecule has 0 saturated heterocycles. The summed E-state index contributed by atoms with van der Waals surface area (Å²) in [6, 6.07) is 7.90. The van der Waals surface area contributed by atoms with Crippen molar-refractivity contribution in [3.8, 4) is 0 Å². The van der Waals surface area contributed by atoms with Crippen molar-refractivity contribution in [3.63, 3.8) is 0 Å². The molecule has 18 heavy (non-hydrogen) atoms. The van der Waals surface area contributed by atoms with E-state index in [1.165, 1.54) is 18.6 Å². The first-order valence-electron chi connectivity index (χ1n) is 5.85. The maximum absolute atomic E-state index is 11.4. The topological polar surface area (TPSA) is 58.2 Å². The van der Waals surface area contributed by atoms with Crippen LogP contribution in [0.2, 0.25) is 0 Å². The van der Waals surface area contributed by atoms with Crippen LogP contribution in [0.5, 0.6) is 0 Å². The summed E-state index contributed by atoms with van der Waals surface area (Å²) < 4.78 is 0. The van der Waals surface area contributed by atoms with Crippen LogP contribution < -0.4 is 10.6 Å². The lowest BCUT2D eigenvalue weighted by Gasteiger charge is -2.02. The van der Waals surface area contributed by atoms with Crippen molar-refractivity contribution in [1.29, 1.82) is 0 Å². The van der Waals surface area contributed by atoms with Crippen molar-refractivity contribution >= 4 is 17.9 Å². The highest BCUT2D eigenvalue weighted by atomic mass is 16.2. The van der Waals surface area contributed by atoms with Crippen LogP contribution in [-0.2, 0) is 9.59 Å². The van der Waals surface area contributed by atoms with Crippen LogP contribution >= 0.6 is 0 Å². The molecular weight excluding hydrogens is 228 g/mol. The smallest absolute Gasteiger partial charge is 0.244 e. The molecule has 0 bridgehead atoms. The SMILES string of the molecule is CC(=O)NCCNC(=O)C=Cc1ccc(C)cc1. The van der Waals surface area contributed by atoms with E-state index in [4.69, 9.17) is 0 Å². The predicted octanol–water partition coefficient (Wildman–Crippen LogP) is 1.26. The molecule has 0 spiro atoms. The summed E-state index contributed by atoms with van der Waals surface area (Å²) in [6.45, 7) is 4.33. The minimum atomic E-state index is -0.166. The van der Waals surface area contributed by atoms with Gasteiger partial charge in [0.25, 0.3) is 0 Å². The highest BCUT2D eigenvalue weighted by molar-refractivity contribution is 5.91. The van der Waals surface area contributed by atoms with Crippen molar-refractivity contribution in [1.82, 2.24) is 10.6 Å². The third-order valence-corrected chi connectivity index (χ3v) is 2.30. The van der Waals surface area contributed by atoms with Crippen LogP contribution in [0.3, 0.4) is 0 Å². The van der Waals surface area contributed by atoms with Crippen LogP contribution in [0, 0.1) is 6.92 Å². The molecule has 4 heteroatoms. The molecule has 96 valence electrons. The molecule has 1 aromatic rings. The fraction of sp³-hybridized carbons (Fsp3) is 0.286. The number of benzene rings is 1. The minimum Gasteiger partial charge on any atom is -0.355 e. The highest BCUT2D eigenvalue weighted by Crippen LogP contribution is 2.04. The monoisotopic (exact) mass is 246 g/mol. The standard InChI is InChI=1S/C14H18N2O2/c1-11-3-5-13(6-4-11)7-8-14(18)16-10-9-15-12(2)17/h3-8H,9-10H2,1-2H3,(H,15,17)(H,16,18). The van der Waals surface area contributed by atoms with Gasteiger partial charge in [0, 0.05) is 26.1 Å². The van der Waals surface area contributed by atoms with Crippen LogP contribution in [-0.4, -0.2) is 24.9 Å². The Hall–Kier alpha value is -2.10. The second-order valence-corrected chi connectivity index (χ2v) is 4.02. The predicted molar refractivity (Wildman–Crippen MR) is 71.9 cm³/mol. The Kier molecular flexibility index (Phi) is 5.64. The van der Waals surface area contributed by atoms with Gasteiger partial charge in [-0.2, -0.15) is 0 Å².